The molecule has 0 spiro atoms. The fourth-order valence-corrected chi connectivity index (χ4v) is 2.89. The van der Waals surface area contributed by atoms with Crippen molar-refractivity contribution in [1.29, 1.82) is 0 Å². The van der Waals surface area contributed by atoms with Crippen molar-refractivity contribution in [3.8, 4) is 16.9 Å². The molecule has 0 aliphatic carbocycles. The van der Waals surface area contributed by atoms with Crippen molar-refractivity contribution < 1.29 is 14.3 Å². The number of halogens is 1. The van der Waals surface area contributed by atoms with Gasteiger partial charge < -0.3 is 14.6 Å². The van der Waals surface area contributed by atoms with Crippen LogP contribution in [-0.4, -0.2) is 31.5 Å². The van der Waals surface area contributed by atoms with Crippen LogP contribution in [0.15, 0.2) is 55.0 Å². The highest BCUT2D eigenvalue weighted by Gasteiger charge is 2.21. The fourth-order valence-electron chi connectivity index (χ4n) is 2.89. The Hall–Kier alpha value is -3.15. The summed E-state index contributed by atoms with van der Waals surface area (Å²) in [7, 11) is 1.81. The zero-order chi connectivity index (χ0) is 19.6. The average Bonchev–Trinajstić information content (AvgIpc) is 3.07. The number of aromatic hydroxyl groups is 1. The summed E-state index contributed by atoms with van der Waals surface area (Å²) in [6.07, 6.45) is 3.27. The Morgan fingerprint density at radius 1 is 1.22 bits per heavy atom. The van der Waals surface area contributed by atoms with Crippen LogP contribution < -0.4 is 0 Å². The van der Waals surface area contributed by atoms with E-state index in [0.29, 0.717) is 23.4 Å². The molecule has 3 rings (SSSR count). The van der Waals surface area contributed by atoms with Gasteiger partial charge in [0.05, 0.1) is 6.33 Å². The number of carbonyl (C=O) groups excluding carboxylic acids is 1. The first-order chi connectivity index (χ1) is 12.8. The third kappa shape index (κ3) is 4.16. The summed E-state index contributed by atoms with van der Waals surface area (Å²) in [6, 6.07) is 11.2. The lowest BCUT2D eigenvalue weighted by Crippen LogP contribution is -2.36. The van der Waals surface area contributed by atoms with E-state index < -0.39 is 0 Å². The quantitative estimate of drug-likeness (QED) is 0.742. The molecule has 0 unspecified atom stereocenters. The number of hydrogen-bond donors (Lipinski definition) is 1. The minimum absolute atomic E-state index is 0.0401. The Morgan fingerprint density at radius 2 is 1.93 bits per heavy atom. The summed E-state index contributed by atoms with van der Waals surface area (Å²) >= 11 is 0. The monoisotopic (exact) mass is 367 g/mol. The first-order valence-corrected chi connectivity index (χ1v) is 8.72. The summed E-state index contributed by atoms with van der Waals surface area (Å²) in [5, 5.41) is 9.43. The number of nitrogens with zero attached hydrogens (tertiary/aromatic N) is 3. The van der Waals surface area contributed by atoms with Crippen molar-refractivity contribution in [3.63, 3.8) is 0 Å². The van der Waals surface area contributed by atoms with Crippen molar-refractivity contribution in [1.82, 2.24) is 14.5 Å². The number of phenolic OH excluding ortho intramolecular Hbond substituents is 1. The highest BCUT2D eigenvalue weighted by Crippen LogP contribution is 2.26. The first kappa shape index (κ1) is 18.6. The summed E-state index contributed by atoms with van der Waals surface area (Å²) in [5.74, 6) is -0.389. The molecule has 0 aliphatic heterocycles. The molecule has 140 valence electrons. The molecular weight excluding hydrogens is 345 g/mol. The van der Waals surface area contributed by atoms with Gasteiger partial charge in [-0.05, 0) is 49.2 Å². The van der Waals surface area contributed by atoms with E-state index >= 15 is 0 Å². The SMILES string of the molecule is CC(C)N(Cc1ccc(F)c(-c2ccc(O)cc2)c1)C(=O)c1cn(C)cn1. The summed E-state index contributed by atoms with van der Waals surface area (Å²) in [4.78, 5) is 18.7. The molecule has 0 bridgehead atoms. The predicted octanol–water partition coefficient (Wildman–Crippen LogP) is 3.98. The largest absolute Gasteiger partial charge is 0.508 e. The number of aromatic nitrogens is 2. The molecule has 0 atom stereocenters. The molecule has 1 heterocycles. The Morgan fingerprint density at radius 3 is 2.52 bits per heavy atom. The molecule has 1 amide bonds. The minimum atomic E-state index is -0.350. The second-order valence-electron chi connectivity index (χ2n) is 6.81. The molecule has 2 aromatic carbocycles. The zero-order valence-electron chi connectivity index (χ0n) is 15.6. The van der Waals surface area contributed by atoms with E-state index in [1.54, 1.807) is 46.3 Å². The van der Waals surface area contributed by atoms with Crippen LogP contribution in [0.3, 0.4) is 0 Å². The van der Waals surface area contributed by atoms with Crippen molar-refractivity contribution in [2.75, 3.05) is 0 Å². The number of rotatable bonds is 5. The lowest BCUT2D eigenvalue weighted by Gasteiger charge is -2.26. The standard InChI is InChI=1S/C21H22FN3O2/c1-14(2)25(21(27)20-12-24(3)13-23-20)11-15-4-9-19(22)18(10-15)16-5-7-17(26)8-6-16/h4-10,12-14,26H,11H2,1-3H3. The van der Waals surface area contributed by atoms with Crippen LogP contribution in [0.25, 0.3) is 11.1 Å². The maximum Gasteiger partial charge on any atom is 0.274 e. The average molecular weight is 367 g/mol. The van der Waals surface area contributed by atoms with E-state index in [4.69, 9.17) is 0 Å². The van der Waals surface area contributed by atoms with Crippen LogP contribution in [0.1, 0.15) is 29.9 Å². The van der Waals surface area contributed by atoms with Gasteiger partial charge in [0.15, 0.2) is 0 Å². The van der Waals surface area contributed by atoms with Crippen molar-refractivity contribution in [2.24, 2.45) is 7.05 Å². The molecule has 6 heteroatoms. The predicted molar refractivity (Wildman–Crippen MR) is 102 cm³/mol. The molecular formula is C21H22FN3O2. The molecule has 0 saturated carbocycles. The van der Waals surface area contributed by atoms with Crippen LogP contribution >= 0.6 is 0 Å². The van der Waals surface area contributed by atoms with Gasteiger partial charge in [0, 0.05) is 31.4 Å². The molecule has 0 aliphatic rings. The second-order valence-corrected chi connectivity index (χ2v) is 6.81. The smallest absolute Gasteiger partial charge is 0.274 e. The molecule has 0 saturated heterocycles. The van der Waals surface area contributed by atoms with Gasteiger partial charge in [-0.15, -0.1) is 0 Å². The summed E-state index contributed by atoms with van der Waals surface area (Å²) < 4.78 is 16.1. The van der Waals surface area contributed by atoms with Gasteiger partial charge in [0.25, 0.3) is 5.91 Å². The van der Waals surface area contributed by atoms with E-state index in [-0.39, 0.29) is 23.5 Å². The summed E-state index contributed by atoms with van der Waals surface area (Å²) in [6.45, 7) is 4.22. The maximum absolute atomic E-state index is 14.3. The second kappa shape index (κ2) is 7.61. The van der Waals surface area contributed by atoms with E-state index in [0.717, 1.165) is 5.56 Å². The van der Waals surface area contributed by atoms with Gasteiger partial charge in [-0.25, -0.2) is 9.37 Å². The molecule has 1 aromatic heterocycles. The van der Waals surface area contributed by atoms with Gasteiger partial charge >= 0.3 is 0 Å². The van der Waals surface area contributed by atoms with Crippen LogP contribution in [0.4, 0.5) is 4.39 Å². The third-order valence-corrected chi connectivity index (χ3v) is 4.37. The van der Waals surface area contributed by atoms with E-state index in [1.165, 1.54) is 18.2 Å². The van der Waals surface area contributed by atoms with Crippen LogP contribution in [0.2, 0.25) is 0 Å². The molecule has 5 nitrogen and oxygen atoms in total. The van der Waals surface area contributed by atoms with Gasteiger partial charge in [-0.2, -0.15) is 0 Å². The highest BCUT2D eigenvalue weighted by atomic mass is 19.1. The molecule has 1 N–H and O–H groups in total. The number of amides is 1. The topological polar surface area (TPSA) is 58.4 Å². The van der Waals surface area contributed by atoms with Crippen molar-refractivity contribution in [3.05, 3.63) is 72.1 Å². The van der Waals surface area contributed by atoms with E-state index in [2.05, 4.69) is 4.98 Å². The number of phenols is 1. The Labute approximate surface area is 157 Å². The number of hydrogen-bond acceptors (Lipinski definition) is 3. The minimum Gasteiger partial charge on any atom is -0.508 e. The van der Waals surface area contributed by atoms with Crippen molar-refractivity contribution >= 4 is 5.91 Å². The van der Waals surface area contributed by atoms with Gasteiger partial charge in [-0.1, -0.05) is 18.2 Å². The molecule has 0 fully saturated rings. The van der Waals surface area contributed by atoms with E-state index in [9.17, 15) is 14.3 Å². The Balaban J connectivity index is 1.89. The van der Waals surface area contributed by atoms with Crippen LogP contribution in [-0.2, 0) is 13.6 Å². The molecule has 3 aromatic rings. The number of imidazole rings is 1. The van der Waals surface area contributed by atoms with Crippen molar-refractivity contribution in [2.45, 2.75) is 26.4 Å². The van der Waals surface area contributed by atoms with E-state index in [1.807, 2.05) is 20.9 Å². The van der Waals surface area contributed by atoms with Gasteiger partial charge in [0.1, 0.15) is 17.3 Å². The summed E-state index contributed by atoms with van der Waals surface area (Å²) in [5.41, 5.74) is 2.30. The van der Waals surface area contributed by atoms with Gasteiger partial charge in [-0.3, -0.25) is 4.79 Å². The lowest BCUT2D eigenvalue weighted by atomic mass is 10.0. The number of aryl methyl sites for hydroxylation is 1. The Kier molecular flexibility index (Phi) is 5.26. The van der Waals surface area contributed by atoms with Crippen LogP contribution in [0.5, 0.6) is 5.75 Å². The lowest BCUT2D eigenvalue weighted by molar-refractivity contribution is 0.0684. The zero-order valence-corrected chi connectivity index (χ0v) is 15.6. The third-order valence-electron chi connectivity index (χ3n) is 4.37. The molecule has 0 radical (unpaired) electrons. The first-order valence-electron chi connectivity index (χ1n) is 8.72. The Bertz CT molecular complexity index is 948. The highest BCUT2D eigenvalue weighted by molar-refractivity contribution is 5.92. The maximum atomic E-state index is 14.3. The number of carbonyl (C=O) groups is 1. The normalized spacial score (nSPS) is 11.0. The fraction of sp³-hybridized carbons (Fsp3) is 0.238. The van der Waals surface area contributed by atoms with Crippen LogP contribution in [0, 0.1) is 5.82 Å². The van der Waals surface area contributed by atoms with Gasteiger partial charge in [0.2, 0.25) is 0 Å². The number of benzene rings is 2. The molecule has 27 heavy (non-hydrogen) atoms.